The zero-order valence-electron chi connectivity index (χ0n) is 10.7. The Hall–Kier alpha value is -1.58. The van der Waals surface area contributed by atoms with Crippen LogP contribution in [0.15, 0.2) is 17.1 Å². The Morgan fingerprint density at radius 3 is 2.70 bits per heavy atom. The van der Waals surface area contributed by atoms with Crippen molar-refractivity contribution in [3.05, 3.63) is 22.7 Å². The lowest BCUT2D eigenvalue weighted by molar-refractivity contribution is -0.145. The van der Waals surface area contributed by atoms with Gasteiger partial charge in [0.1, 0.15) is 11.4 Å². The van der Waals surface area contributed by atoms with Crippen LogP contribution < -0.4 is 11.4 Å². The maximum Gasteiger partial charge on any atom is 0.351 e. The second-order valence-electron chi connectivity index (χ2n) is 4.67. The number of aliphatic hydroxyl groups excluding tert-OH is 2. The molecule has 2 heterocycles. The number of nitrogen functional groups attached to an aromatic ring is 1. The molecule has 1 aromatic rings. The van der Waals surface area contributed by atoms with Crippen molar-refractivity contribution in [3.8, 4) is 0 Å². The van der Waals surface area contributed by atoms with E-state index in [1.807, 2.05) is 0 Å². The smallest absolute Gasteiger partial charge is 0.351 e. The monoisotopic (exact) mass is 291 g/mol. The molecule has 0 aliphatic carbocycles. The molecule has 1 saturated heterocycles. The third kappa shape index (κ3) is 1.98. The van der Waals surface area contributed by atoms with Crippen molar-refractivity contribution in [1.82, 2.24) is 9.55 Å². The van der Waals surface area contributed by atoms with Gasteiger partial charge in [0.15, 0.2) is 6.10 Å². The van der Waals surface area contributed by atoms with Crippen LogP contribution in [0, 0.1) is 0 Å². The summed E-state index contributed by atoms with van der Waals surface area (Å²) in [5.74, 6) is -3.86. The quantitative estimate of drug-likeness (QED) is 0.692. The molecule has 3 atom stereocenters. The van der Waals surface area contributed by atoms with E-state index < -0.39 is 36.2 Å². The molecule has 0 aromatic carbocycles. The van der Waals surface area contributed by atoms with Crippen LogP contribution in [0.4, 0.5) is 14.6 Å². The van der Waals surface area contributed by atoms with E-state index in [4.69, 9.17) is 10.5 Å². The summed E-state index contributed by atoms with van der Waals surface area (Å²) in [5.41, 5.74) is 2.44. The number of ether oxygens (including phenoxy) is 1. The van der Waals surface area contributed by atoms with Crippen LogP contribution in [0.2, 0.25) is 0 Å². The number of aliphatic hydroxyl groups is 2. The number of halogens is 2. The van der Waals surface area contributed by atoms with E-state index in [9.17, 15) is 23.8 Å². The summed E-state index contributed by atoms with van der Waals surface area (Å²) in [5, 5.41) is 19.0. The lowest BCUT2D eigenvalue weighted by Crippen LogP contribution is -2.48. The number of hydrogen-bond acceptors (Lipinski definition) is 6. The lowest BCUT2D eigenvalue weighted by Gasteiger charge is -2.27. The van der Waals surface area contributed by atoms with E-state index in [1.165, 1.54) is 6.92 Å². The van der Waals surface area contributed by atoms with E-state index in [0.29, 0.717) is 4.57 Å². The van der Waals surface area contributed by atoms with Gasteiger partial charge < -0.3 is 20.7 Å². The first kappa shape index (κ1) is 14.8. The number of nitrogens with two attached hydrogens (primary N) is 1. The summed E-state index contributed by atoms with van der Waals surface area (Å²) in [6.45, 7) is 0.690. The number of anilines is 1. The average Bonchev–Trinajstić information content (AvgIpc) is 2.60. The topological polar surface area (TPSA) is 111 Å². The first-order chi connectivity index (χ1) is 9.28. The number of nitrogens with zero attached hydrogens (tertiary/aromatic N) is 2. The van der Waals surface area contributed by atoms with Gasteiger partial charge in [0.2, 0.25) is 6.23 Å². The fourth-order valence-electron chi connectivity index (χ4n) is 2.21. The van der Waals surface area contributed by atoms with Gasteiger partial charge in [0, 0.05) is 6.20 Å². The van der Waals surface area contributed by atoms with Crippen molar-refractivity contribution in [3.63, 3.8) is 0 Å². The maximum atomic E-state index is 14.1. The Morgan fingerprint density at radius 2 is 2.25 bits per heavy atom. The first-order valence-corrected chi connectivity index (χ1v) is 5.97. The Balaban J connectivity index is 2.50. The fraction of sp³-hybridized carbons (Fsp3) is 0.636. The Labute approximate surface area is 112 Å². The van der Waals surface area contributed by atoms with E-state index in [-0.39, 0.29) is 12.2 Å². The molecule has 0 spiro atoms. The number of rotatable bonds is 3. The van der Waals surface area contributed by atoms with Crippen molar-refractivity contribution < 1.29 is 23.7 Å². The number of aromatic nitrogens is 2. The molecule has 0 amide bonds. The second kappa shape index (κ2) is 4.76. The molecule has 2 rings (SSSR count). The highest BCUT2D eigenvalue weighted by molar-refractivity contribution is 5.24. The minimum Gasteiger partial charge on any atom is -0.393 e. The molecule has 0 bridgehead atoms. The van der Waals surface area contributed by atoms with Gasteiger partial charge in [-0.2, -0.15) is 13.8 Å². The summed E-state index contributed by atoms with van der Waals surface area (Å²) in [7, 11) is 0. The van der Waals surface area contributed by atoms with Gasteiger partial charge in [-0.3, -0.25) is 4.57 Å². The maximum absolute atomic E-state index is 14.1. The number of hydrogen-bond donors (Lipinski definition) is 3. The van der Waals surface area contributed by atoms with Crippen LogP contribution in [-0.4, -0.2) is 44.0 Å². The van der Waals surface area contributed by atoms with E-state index in [2.05, 4.69) is 4.98 Å². The third-order valence-electron chi connectivity index (χ3n) is 3.51. The second-order valence-corrected chi connectivity index (χ2v) is 4.67. The zero-order valence-corrected chi connectivity index (χ0v) is 10.7. The predicted octanol–water partition coefficient (Wildman–Crippen LogP) is -0.508. The molecule has 0 saturated carbocycles. The van der Waals surface area contributed by atoms with Crippen LogP contribution in [0.3, 0.4) is 0 Å². The summed E-state index contributed by atoms with van der Waals surface area (Å²) in [6.07, 6.45) is -3.32. The molecule has 20 heavy (non-hydrogen) atoms. The Bertz CT molecular complexity index is 559. The predicted molar refractivity (Wildman–Crippen MR) is 64.1 cm³/mol. The van der Waals surface area contributed by atoms with Crippen LogP contribution in [-0.2, 0) is 4.74 Å². The summed E-state index contributed by atoms with van der Waals surface area (Å²) in [6, 6.07) is 1.16. The van der Waals surface area contributed by atoms with Gasteiger partial charge >= 0.3 is 11.6 Å². The molecule has 1 aliphatic rings. The molecule has 4 N–H and O–H groups in total. The number of alkyl halides is 2. The van der Waals surface area contributed by atoms with Crippen molar-refractivity contribution in [2.24, 2.45) is 0 Å². The Kier molecular flexibility index (Phi) is 3.53. The Morgan fingerprint density at radius 1 is 1.60 bits per heavy atom. The van der Waals surface area contributed by atoms with Crippen LogP contribution in [0.5, 0.6) is 0 Å². The molecule has 0 radical (unpaired) electrons. The highest BCUT2D eigenvalue weighted by atomic mass is 19.3. The van der Waals surface area contributed by atoms with Gasteiger partial charge in [-0.15, -0.1) is 0 Å². The van der Waals surface area contributed by atoms with Crippen molar-refractivity contribution in [1.29, 1.82) is 0 Å². The van der Waals surface area contributed by atoms with E-state index in [1.54, 1.807) is 0 Å². The van der Waals surface area contributed by atoms with Gasteiger partial charge in [-0.25, -0.2) is 4.79 Å². The highest BCUT2D eigenvalue weighted by Crippen LogP contribution is 2.48. The standard InChI is InChI=1S/C11H15F2N3O4/c1-2-10(5-17)7(18)11(12,13)8(20-10)16-4-3-6(14)15-9(16)19/h3-4,7-8,17-18H,2,5H2,1H3,(H2,14,15,19). The largest absolute Gasteiger partial charge is 0.393 e. The van der Waals surface area contributed by atoms with Gasteiger partial charge in [0.05, 0.1) is 6.61 Å². The van der Waals surface area contributed by atoms with Crippen molar-refractivity contribution >= 4 is 5.82 Å². The lowest BCUT2D eigenvalue weighted by atomic mass is 9.93. The van der Waals surface area contributed by atoms with Gasteiger partial charge in [0.25, 0.3) is 0 Å². The van der Waals surface area contributed by atoms with Crippen molar-refractivity contribution in [2.45, 2.75) is 37.2 Å². The molecule has 1 fully saturated rings. The minimum absolute atomic E-state index is 0.0477. The highest BCUT2D eigenvalue weighted by Gasteiger charge is 2.66. The van der Waals surface area contributed by atoms with Crippen LogP contribution >= 0.6 is 0 Å². The zero-order chi connectivity index (χ0) is 15.1. The summed E-state index contributed by atoms with van der Waals surface area (Å²) >= 11 is 0. The molecule has 112 valence electrons. The molecular formula is C11H15F2N3O4. The molecule has 3 unspecified atom stereocenters. The van der Waals surface area contributed by atoms with Crippen LogP contribution in [0.1, 0.15) is 19.6 Å². The molecule has 1 aliphatic heterocycles. The van der Waals surface area contributed by atoms with Gasteiger partial charge in [-0.05, 0) is 12.5 Å². The van der Waals surface area contributed by atoms with Crippen molar-refractivity contribution in [2.75, 3.05) is 12.3 Å². The summed E-state index contributed by atoms with van der Waals surface area (Å²) < 4.78 is 33.9. The van der Waals surface area contributed by atoms with Gasteiger partial charge in [-0.1, -0.05) is 6.92 Å². The normalized spacial score (nSPS) is 32.5. The molecular weight excluding hydrogens is 276 g/mol. The van der Waals surface area contributed by atoms with E-state index >= 15 is 0 Å². The third-order valence-corrected chi connectivity index (χ3v) is 3.51. The van der Waals surface area contributed by atoms with E-state index in [0.717, 1.165) is 12.3 Å². The summed E-state index contributed by atoms with van der Waals surface area (Å²) in [4.78, 5) is 15.0. The first-order valence-electron chi connectivity index (χ1n) is 5.97. The molecule has 7 nitrogen and oxygen atoms in total. The van der Waals surface area contributed by atoms with Crippen LogP contribution in [0.25, 0.3) is 0 Å². The minimum atomic E-state index is -3.75. The average molecular weight is 291 g/mol. The fourth-order valence-corrected chi connectivity index (χ4v) is 2.21. The SMILES string of the molecule is CCC1(CO)OC(n2ccc(N)nc2=O)C(F)(F)C1O. The molecule has 1 aromatic heterocycles. The molecule has 9 heteroatoms.